The summed E-state index contributed by atoms with van der Waals surface area (Å²) in [6.07, 6.45) is 3.41. The van der Waals surface area contributed by atoms with Crippen LogP contribution >= 0.6 is 0 Å². The lowest BCUT2D eigenvalue weighted by atomic mass is 10.2. The minimum Gasteiger partial charge on any atom is -0.383 e. The van der Waals surface area contributed by atoms with Gasteiger partial charge >= 0.3 is 0 Å². The van der Waals surface area contributed by atoms with Gasteiger partial charge in [0.15, 0.2) is 0 Å². The number of pyridine rings is 1. The topological polar surface area (TPSA) is 71.5 Å². The molecule has 20 heavy (non-hydrogen) atoms. The molecule has 1 aromatic heterocycles. The Morgan fingerprint density at radius 2 is 2.35 bits per heavy atom. The second-order valence-electron chi connectivity index (χ2n) is 4.99. The molecule has 0 saturated carbocycles. The third-order valence-electron chi connectivity index (χ3n) is 3.41. The minimum atomic E-state index is -3.46. The average molecular weight is 299 g/mol. The van der Waals surface area contributed by atoms with Gasteiger partial charge in [0, 0.05) is 38.1 Å². The minimum absolute atomic E-state index is 0.0586. The first-order valence-electron chi connectivity index (χ1n) is 6.70. The molecule has 1 aliphatic heterocycles. The number of aryl methyl sites for hydroxylation is 1. The first-order chi connectivity index (χ1) is 9.53. The van der Waals surface area contributed by atoms with E-state index in [2.05, 4.69) is 9.71 Å². The van der Waals surface area contributed by atoms with Gasteiger partial charge in [-0.2, -0.15) is 17.4 Å². The van der Waals surface area contributed by atoms with Crippen molar-refractivity contribution < 1.29 is 13.2 Å². The predicted molar refractivity (Wildman–Crippen MR) is 76.3 cm³/mol. The van der Waals surface area contributed by atoms with E-state index in [9.17, 15) is 8.42 Å². The molecule has 112 valence electrons. The Labute approximate surface area is 120 Å². The number of methoxy groups -OCH3 is 1. The summed E-state index contributed by atoms with van der Waals surface area (Å²) in [5.41, 5.74) is 1.78. The molecule has 2 rings (SSSR count). The first-order valence-corrected chi connectivity index (χ1v) is 8.14. The van der Waals surface area contributed by atoms with Crippen molar-refractivity contribution in [2.45, 2.75) is 32.4 Å². The lowest BCUT2D eigenvalue weighted by Crippen LogP contribution is -2.44. The van der Waals surface area contributed by atoms with Gasteiger partial charge in [-0.3, -0.25) is 4.98 Å². The fourth-order valence-corrected chi connectivity index (χ4v) is 3.90. The monoisotopic (exact) mass is 299 g/mol. The quantitative estimate of drug-likeness (QED) is 0.845. The molecule has 0 bridgehead atoms. The maximum Gasteiger partial charge on any atom is 0.280 e. The van der Waals surface area contributed by atoms with Gasteiger partial charge in [-0.1, -0.05) is 0 Å². The molecule has 1 aliphatic rings. The van der Waals surface area contributed by atoms with E-state index in [4.69, 9.17) is 4.74 Å². The zero-order valence-electron chi connectivity index (χ0n) is 11.9. The molecule has 0 amide bonds. The summed E-state index contributed by atoms with van der Waals surface area (Å²) in [7, 11) is -1.87. The maximum atomic E-state index is 12.3. The molecule has 1 aromatic rings. The van der Waals surface area contributed by atoms with Crippen LogP contribution in [-0.2, 0) is 21.5 Å². The summed E-state index contributed by atoms with van der Waals surface area (Å²) in [6, 6.07) is 3.63. The van der Waals surface area contributed by atoms with E-state index < -0.39 is 10.2 Å². The Bertz CT molecular complexity index is 548. The SMILES string of the molecule is COCC1CCCN1S(=O)(=O)NCc1ccnc(C)c1. The molecule has 7 heteroatoms. The fraction of sp³-hybridized carbons (Fsp3) is 0.615. The van der Waals surface area contributed by atoms with Crippen molar-refractivity contribution in [3.8, 4) is 0 Å². The Morgan fingerprint density at radius 3 is 3.05 bits per heavy atom. The molecule has 6 nitrogen and oxygen atoms in total. The van der Waals surface area contributed by atoms with E-state index in [1.807, 2.05) is 19.1 Å². The number of rotatable bonds is 6. The predicted octanol–water partition coefficient (Wildman–Crippen LogP) is 0.835. The summed E-state index contributed by atoms with van der Waals surface area (Å²) in [4.78, 5) is 4.09. The molecule has 0 aromatic carbocycles. The summed E-state index contributed by atoms with van der Waals surface area (Å²) < 4.78 is 33.9. The Balaban J connectivity index is 2.00. The molecule has 0 aliphatic carbocycles. The van der Waals surface area contributed by atoms with Crippen LogP contribution in [0.5, 0.6) is 0 Å². The van der Waals surface area contributed by atoms with Gasteiger partial charge in [0.25, 0.3) is 10.2 Å². The normalized spacial score (nSPS) is 20.4. The van der Waals surface area contributed by atoms with Crippen LogP contribution in [0.25, 0.3) is 0 Å². The third-order valence-corrected chi connectivity index (χ3v) is 5.02. The van der Waals surface area contributed by atoms with Crippen LogP contribution in [0, 0.1) is 6.92 Å². The Hall–Kier alpha value is -1.02. The van der Waals surface area contributed by atoms with Crippen LogP contribution in [0.1, 0.15) is 24.1 Å². The van der Waals surface area contributed by atoms with Crippen molar-refractivity contribution in [3.05, 3.63) is 29.6 Å². The molecule has 1 atom stereocenters. The Morgan fingerprint density at radius 1 is 1.55 bits per heavy atom. The molecule has 0 radical (unpaired) electrons. The van der Waals surface area contributed by atoms with E-state index in [0.717, 1.165) is 24.1 Å². The molecule has 0 spiro atoms. The molecular weight excluding hydrogens is 278 g/mol. The van der Waals surface area contributed by atoms with Crippen molar-refractivity contribution in [3.63, 3.8) is 0 Å². The standard InChI is InChI=1S/C13H21N3O3S/c1-11-8-12(5-6-14-11)9-15-20(17,18)16-7-3-4-13(16)10-19-2/h5-6,8,13,15H,3-4,7,9-10H2,1-2H3. The van der Waals surface area contributed by atoms with Gasteiger partial charge in [0.2, 0.25) is 0 Å². The average Bonchev–Trinajstić information content (AvgIpc) is 2.86. The highest BCUT2D eigenvalue weighted by molar-refractivity contribution is 7.87. The highest BCUT2D eigenvalue weighted by atomic mass is 32.2. The number of nitrogens with zero attached hydrogens (tertiary/aromatic N) is 2. The molecule has 1 fully saturated rings. The molecule has 1 N–H and O–H groups in total. The zero-order valence-corrected chi connectivity index (χ0v) is 12.7. The van der Waals surface area contributed by atoms with Crippen LogP contribution in [0.4, 0.5) is 0 Å². The first kappa shape index (κ1) is 15.4. The van der Waals surface area contributed by atoms with Crippen molar-refractivity contribution >= 4 is 10.2 Å². The van der Waals surface area contributed by atoms with Gasteiger partial charge in [-0.15, -0.1) is 0 Å². The van der Waals surface area contributed by atoms with Crippen LogP contribution in [0.2, 0.25) is 0 Å². The summed E-state index contributed by atoms with van der Waals surface area (Å²) in [5, 5.41) is 0. The van der Waals surface area contributed by atoms with Gasteiger partial charge in [0.05, 0.1) is 6.61 Å². The van der Waals surface area contributed by atoms with Crippen molar-refractivity contribution in [1.82, 2.24) is 14.0 Å². The lowest BCUT2D eigenvalue weighted by molar-refractivity contribution is 0.148. The van der Waals surface area contributed by atoms with Crippen LogP contribution in [-0.4, -0.2) is 44.0 Å². The van der Waals surface area contributed by atoms with Crippen molar-refractivity contribution in [2.24, 2.45) is 0 Å². The van der Waals surface area contributed by atoms with Gasteiger partial charge in [-0.25, -0.2) is 0 Å². The van der Waals surface area contributed by atoms with E-state index in [1.165, 1.54) is 4.31 Å². The van der Waals surface area contributed by atoms with Gasteiger partial charge in [-0.05, 0) is 37.5 Å². The van der Waals surface area contributed by atoms with Crippen LogP contribution < -0.4 is 4.72 Å². The number of hydrogen-bond acceptors (Lipinski definition) is 4. The second kappa shape index (κ2) is 6.62. The number of nitrogens with one attached hydrogen (secondary N) is 1. The van der Waals surface area contributed by atoms with Crippen molar-refractivity contribution in [1.29, 1.82) is 0 Å². The van der Waals surface area contributed by atoms with E-state index in [0.29, 0.717) is 13.2 Å². The number of aromatic nitrogens is 1. The fourth-order valence-electron chi connectivity index (χ4n) is 2.46. The smallest absolute Gasteiger partial charge is 0.280 e. The van der Waals surface area contributed by atoms with E-state index in [-0.39, 0.29) is 12.6 Å². The largest absolute Gasteiger partial charge is 0.383 e. The maximum absolute atomic E-state index is 12.3. The van der Waals surface area contributed by atoms with Crippen LogP contribution in [0.15, 0.2) is 18.3 Å². The number of ether oxygens (including phenoxy) is 1. The third kappa shape index (κ3) is 3.76. The zero-order chi connectivity index (χ0) is 14.6. The molecule has 1 saturated heterocycles. The van der Waals surface area contributed by atoms with Gasteiger partial charge < -0.3 is 4.74 Å². The molecule has 1 unspecified atom stereocenters. The van der Waals surface area contributed by atoms with Crippen molar-refractivity contribution in [2.75, 3.05) is 20.3 Å². The van der Waals surface area contributed by atoms with Gasteiger partial charge in [0.1, 0.15) is 0 Å². The molecular formula is C13H21N3O3S. The molecule has 2 heterocycles. The lowest BCUT2D eigenvalue weighted by Gasteiger charge is -2.23. The summed E-state index contributed by atoms with van der Waals surface area (Å²) in [5.74, 6) is 0. The van der Waals surface area contributed by atoms with E-state index >= 15 is 0 Å². The van der Waals surface area contributed by atoms with Crippen LogP contribution in [0.3, 0.4) is 0 Å². The second-order valence-corrected chi connectivity index (χ2v) is 6.70. The number of hydrogen-bond donors (Lipinski definition) is 1. The van der Waals surface area contributed by atoms with E-state index in [1.54, 1.807) is 13.3 Å². The summed E-state index contributed by atoms with van der Waals surface area (Å²) >= 11 is 0. The highest BCUT2D eigenvalue weighted by Crippen LogP contribution is 2.20. The summed E-state index contributed by atoms with van der Waals surface area (Å²) in [6.45, 7) is 3.16. The Kier molecular flexibility index (Phi) is 5.09. The highest BCUT2D eigenvalue weighted by Gasteiger charge is 2.33.